The molecule has 2 aliphatic rings. The van der Waals surface area contributed by atoms with Gasteiger partial charge in [-0.2, -0.15) is 4.98 Å². The van der Waals surface area contributed by atoms with Crippen LogP contribution >= 0.6 is 0 Å². The Morgan fingerprint density at radius 2 is 2.17 bits per heavy atom. The molecule has 0 aromatic carbocycles. The summed E-state index contributed by atoms with van der Waals surface area (Å²) in [6.07, 6.45) is 2.54. The lowest BCUT2D eigenvalue weighted by molar-refractivity contribution is 0.351. The zero-order valence-electron chi connectivity index (χ0n) is 10.1. The van der Waals surface area contributed by atoms with Gasteiger partial charge in [0, 0.05) is 12.5 Å². The van der Waals surface area contributed by atoms with Crippen molar-refractivity contribution in [2.24, 2.45) is 0 Å². The van der Waals surface area contributed by atoms with E-state index in [2.05, 4.69) is 15.5 Å². The third kappa shape index (κ3) is 2.42. The molecule has 1 N–H and O–H groups in total. The van der Waals surface area contributed by atoms with Crippen molar-refractivity contribution in [2.75, 3.05) is 24.6 Å². The number of hydrogen-bond donors (Lipinski definition) is 1. The van der Waals surface area contributed by atoms with Crippen molar-refractivity contribution in [3.05, 3.63) is 11.7 Å². The summed E-state index contributed by atoms with van der Waals surface area (Å²) in [6, 6.07) is 0. The van der Waals surface area contributed by atoms with E-state index >= 15 is 0 Å². The average Bonchev–Trinajstić information content (AvgIpc) is 2.99. The zero-order chi connectivity index (χ0) is 12.6. The lowest BCUT2D eigenvalue weighted by Gasteiger charge is -2.18. The van der Waals surface area contributed by atoms with Gasteiger partial charge < -0.3 is 9.84 Å². The zero-order valence-corrected chi connectivity index (χ0v) is 10.9. The van der Waals surface area contributed by atoms with Crippen LogP contribution in [0, 0.1) is 0 Å². The second-order valence-corrected chi connectivity index (χ2v) is 7.36. The fourth-order valence-electron chi connectivity index (χ4n) is 2.67. The number of sulfone groups is 1. The summed E-state index contributed by atoms with van der Waals surface area (Å²) in [6.45, 7) is 1.84. The minimum Gasteiger partial charge on any atom is -0.339 e. The molecule has 18 heavy (non-hydrogen) atoms. The van der Waals surface area contributed by atoms with Crippen LogP contribution in [0.15, 0.2) is 4.52 Å². The van der Waals surface area contributed by atoms with E-state index in [1.165, 1.54) is 0 Å². The van der Waals surface area contributed by atoms with Crippen molar-refractivity contribution >= 4 is 9.84 Å². The van der Waals surface area contributed by atoms with Gasteiger partial charge in [-0.25, -0.2) is 8.42 Å². The maximum absolute atomic E-state index is 11.6. The summed E-state index contributed by atoms with van der Waals surface area (Å²) in [7, 11) is -2.92. The van der Waals surface area contributed by atoms with Gasteiger partial charge in [0.1, 0.15) is 0 Å². The van der Waals surface area contributed by atoms with Crippen LogP contribution in [0.1, 0.15) is 42.8 Å². The van der Waals surface area contributed by atoms with E-state index in [4.69, 9.17) is 4.52 Å². The molecule has 2 aliphatic heterocycles. The molecule has 2 atom stereocenters. The first kappa shape index (κ1) is 12.1. The van der Waals surface area contributed by atoms with Gasteiger partial charge >= 0.3 is 0 Å². The smallest absolute Gasteiger partial charge is 0.231 e. The van der Waals surface area contributed by atoms with Crippen molar-refractivity contribution in [2.45, 2.75) is 31.1 Å². The van der Waals surface area contributed by atoms with E-state index in [9.17, 15) is 8.42 Å². The van der Waals surface area contributed by atoms with Gasteiger partial charge in [0.05, 0.1) is 17.4 Å². The minimum absolute atomic E-state index is 0.0874. The molecule has 100 valence electrons. The monoisotopic (exact) mass is 271 g/mol. The van der Waals surface area contributed by atoms with Gasteiger partial charge in [-0.05, 0) is 25.8 Å². The summed E-state index contributed by atoms with van der Waals surface area (Å²) in [5.41, 5.74) is 0. The van der Waals surface area contributed by atoms with Crippen LogP contribution in [0.25, 0.3) is 0 Å². The molecule has 0 spiro atoms. The first-order valence-electron chi connectivity index (χ1n) is 6.39. The Bertz CT molecular complexity index is 519. The fourth-order valence-corrected chi connectivity index (χ4v) is 4.37. The Hall–Kier alpha value is -0.950. The quantitative estimate of drug-likeness (QED) is 0.840. The molecule has 2 fully saturated rings. The molecule has 3 rings (SSSR count). The number of nitrogens with zero attached hydrogens (tertiary/aromatic N) is 2. The van der Waals surface area contributed by atoms with Gasteiger partial charge in [-0.15, -0.1) is 0 Å². The molecule has 0 radical (unpaired) electrons. The van der Waals surface area contributed by atoms with Gasteiger partial charge in [0.15, 0.2) is 15.7 Å². The molecule has 1 aromatic heterocycles. The van der Waals surface area contributed by atoms with Crippen LogP contribution in [-0.2, 0) is 9.84 Å². The number of rotatable bonds is 2. The third-order valence-corrected chi connectivity index (χ3v) is 5.52. The first-order valence-corrected chi connectivity index (χ1v) is 8.21. The number of nitrogens with one attached hydrogen (secondary N) is 1. The van der Waals surface area contributed by atoms with Gasteiger partial charge in [-0.1, -0.05) is 5.16 Å². The van der Waals surface area contributed by atoms with Gasteiger partial charge in [0.25, 0.3) is 0 Å². The lowest BCUT2D eigenvalue weighted by atomic mass is 10.0. The molecule has 6 nitrogen and oxygen atoms in total. The molecule has 0 amide bonds. The Morgan fingerprint density at radius 3 is 2.89 bits per heavy atom. The fraction of sp³-hybridized carbons (Fsp3) is 0.818. The number of hydrogen-bond acceptors (Lipinski definition) is 6. The Balaban J connectivity index is 1.76. The molecule has 0 aliphatic carbocycles. The SMILES string of the molecule is O=S1(=O)CCCC(c2noc(C3CCNC3)n2)C1. The molecular formula is C11H17N3O3S. The summed E-state index contributed by atoms with van der Waals surface area (Å²) >= 11 is 0. The molecule has 0 saturated carbocycles. The molecule has 0 bridgehead atoms. The Kier molecular flexibility index (Phi) is 3.11. The van der Waals surface area contributed by atoms with Crippen LogP contribution in [-0.4, -0.2) is 43.2 Å². The van der Waals surface area contributed by atoms with Gasteiger partial charge in [0.2, 0.25) is 5.89 Å². The molecule has 3 heterocycles. The van der Waals surface area contributed by atoms with Crippen molar-refractivity contribution in [1.82, 2.24) is 15.5 Å². The Labute approximate surface area is 106 Å². The molecule has 7 heteroatoms. The predicted octanol–water partition coefficient (Wildman–Crippen LogP) is 0.439. The van der Waals surface area contributed by atoms with Crippen molar-refractivity contribution < 1.29 is 12.9 Å². The molecule has 2 saturated heterocycles. The van der Waals surface area contributed by atoms with Crippen LogP contribution in [0.3, 0.4) is 0 Å². The van der Waals surface area contributed by atoms with Gasteiger partial charge in [-0.3, -0.25) is 0 Å². The van der Waals surface area contributed by atoms with Crippen molar-refractivity contribution in [3.8, 4) is 0 Å². The van der Waals surface area contributed by atoms with Crippen molar-refractivity contribution in [1.29, 1.82) is 0 Å². The summed E-state index contributed by atoms with van der Waals surface area (Å²) < 4.78 is 28.5. The van der Waals surface area contributed by atoms with E-state index in [0.29, 0.717) is 23.9 Å². The van der Waals surface area contributed by atoms with E-state index in [1.807, 2.05) is 0 Å². The molecule has 1 aromatic rings. The van der Waals surface area contributed by atoms with E-state index in [1.54, 1.807) is 0 Å². The first-order chi connectivity index (χ1) is 8.64. The highest BCUT2D eigenvalue weighted by molar-refractivity contribution is 7.91. The highest BCUT2D eigenvalue weighted by Gasteiger charge is 2.30. The highest BCUT2D eigenvalue weighted by atomic mass is 32.2. The molecular weight excluding hydrogens is 254 g/mol. The van der Waals surface area contributed by atoms with Crippen LogP contribution in [0.2, 0.25) is 0 Å². The Morgan fingerprint density at radius 1 is 1.28 bits per heavy atom. The summed E-state index contributed by atoms with van der Waals surface area (Å²) in [4.78, 5) is 4.40. The van der Waals surface area contributed by atoms with E-state index < -0.39 is 9.84 Å². The normalized spacial score (nSPS) is 31.6. The standard InChI is InChI=1S/C11H17N3O3S/c15-18(16)5-1-2-9(7-18)10-13-11(17-14-10)8-3-4-12-6-8/h8-9,12H,1-7H2. The highest BCUT2D eigenvalue weighted by Crippen LogP contribution is 2.28. The van der Waals surface area contributed by atoms with E-state index in [-0.39, 0.29) is 17.6 Å². The molecule has 2 unspecified atom stereocenters. The largest absolute Gasteiger partial charge is 0.339 e. The second-order valence-electron chi connectivity index (χ2n) is 5.13. The third-order valence-electron chi connectivity index (χ3n) is 3.70. The average molecular weight is 271 g/mol. The topological polar surface area (TPSA) is 85.1 Å². The predicted molar refractivity (Wildman–Crippen MR) is 65.2 cm³/mol. The maximum Gasteiger partial charge on any atom is 0.231 e. The summed E-state index contributed by atoms with van der Waals surface area (Å²) in [5.74, 6) is 1.87. The van der Waals surface area contributed by atoms with Crippen LogP contribution in [0.4, 0.5) is 0 Å². The van der Waals surface area contributed by atoms with Crippen LogP contribution in [0.5, 0.6) is 0 Å². The summed E-state index contributed by atoms with van der Waals surface area (Å²) in [5, 5.41) is 7.22. The van der Waals surface area contributed by atoms with Crippen LogP contribution < -0.4 is 5.32 Å². The van der Waals surface area contributed by atoms with Crippen molar-refractivity contribution in [3.63, 3.8) is 0 Å². The number of aromatic nitrogens is 2. The lowest BCUT2D eigenvalue weighted by Crippen LogP contribution is -2.24. The minimum atomic E-state index is -2.92. The van der Waals surface area contributed by atoms with E-state index in [0.717, 1.165) is 25.9 Å². The second kappa shape index (κ2) is 4.62. The maximum atomic E-state index is 11.6.